The molecule has 2 amide bonds. The third-order valence-electron chi connectivity index (χ3n) is 2.46. The lowest BCUT2D eigenvalue weighted by Gasteiger charge is -2.19. The van der Waals surface area contributed by atoms with Crippen LogP contribution in [-0.4, -0.2) is 50.7 Å². The fourth-order valence-corrected chi connectivity index (χ4v) is 1.43. The van der Waals surface area contributed by atoms with Crippen LogP contribution in [0.5, 0.6) is 0 Å². The fourth-order valence-electron chi connectivity index (χ4n) is 1.43. The van der Waals surface area contributed by atoms with Gasteiger partial charge in [-0.1, -0.05) is 0 Å². The van der Waals surface area contributed by atoms with Crippen LogP contribution in [0, 0.1) is 0 Å². The number of ether oxygens (including phenoxy) is 1. The molecular weight excluding hydrogens is 234 g/mol. The number of hydrogen-bond acceptors (Lipinski definition) is 4. The summed E-state index contributed by atoms with van der Waals surface area (Å²) < 4.78 is 4.89. The summed E-state index contributed by atoms with van der Waals surface area (Å²) in [7, 11) is 1.63. The molecule has 0 fully saturated rings. The Balaban J connectivity index is 3.88. The molecule has 0 radical (unpaired) electrons. The van der Waals surface area contributed by atoms with Gasteiger partial charge in [0.1, 0.15) is 0 Å². The van der Waals surface area contributed by atoms with Gasteiger partial charge in [-0.3, -0.25) is 14.9 Å². The largest absolute Gasteiger partial charge is 0.385 e. The molecule has 0 heterocycles. The van der Waals surface area contributed by atoms with Crippen LogP contribution in [0.3, 0.4) is 0 Å². The number of carbonyl (C=O) groups excluding carboxylic acids is 2. The van der Waals surface area contributed by atoms with Crippen molar-refractivity contribution in [1.82, 2.24) is 16.0 Å². The van der Waals surface area contributed by atoms with E-state index in [1.165, 1.54) is 0 Å². The van der Waals surface area contributed by atoms with Crippen LogP contribution < -0.4 is 16.0 Å². The molecule has 3 N–H and O–H groups in total. The van der Waals surface area contributed by atoms with E-state index in [0.717, 1.165) is 6.42 Å². The molecule has 0 bridgehead atoms. The first-order valence-electron chi connectivity index (χ1n) is 6.33. The van der Waals surface area contributed by atoms with E-state index in [9.17, 15) is 9.59 Å². The van der Waals surface area contributed by atoms with Gasteiger partial charge in [0.25, 0.3) is 0 Å². The van der Waals surface area contributed by atoms with Crippen molar-refractivity contribution < 1.29 is 14.3 Å². The minimum atomic E-state index is -0.398. The number of amides is 2. The van der Waals surface area contributed by atoms with Crippen molar-refractivity contribution in [1.29, 1.82) is 0 Å². The predicted molar refractivity (Wildman–Crippen MR) is 70.2 cm³/mol. The molecule has 2 atom stereocenters. The van der Waals surface area contributed by atoms with Gasteiger partial charge in [0, 0.05) is 26.8 Å². The topological polar surface area (TPSA) is 79.5 Å². The lowest BCUT2D eigenvalue weighted by Crippen LogP contribution is -2.51. The Labute approximate surface area is 109 Å². The van der Waals surface area contributed by atoms with E-state index in [0.29, 0.717) is 19.7 Å². The van der Waals surface area contributed by atoms with Gasteiger partial charge in [0.05, 0.1) is 12.1 Å². The maximum Gasteiger partial charge on any atom is 0.236 e. The summed E-state index contributed by atoms with van der Waals surface area (Å²) in [4.78, 5) is 23.2. The number of rotatable bonds is 9. The molecule has 6 nitrogen and oxygen atoms in total. The lowest BCUT2D eigenvalue weighted by molar-refractivity contribution is -0.125. The molecule has 2 unspecified atom stereocenters. The summed E-state index contributed by atoms with van der Waals surface area (Å²) in [6, 6.07) is -0.783. The third kappa shape index (κ3) is 7.24. The third-order valence-corrected chi connectivity index (χ3v) is 2.46. The minimum absolute atomic E-state index is 0.100. The van der Waals surface area contributed by atoms with E-state index >= 15 is 0 Å². The van der Waals surface area contributed by atoms with Crippen molar-refractivity contribution in [3.05, 3.63) is 0 Å². The van der Waals surface area contributed by atoms with Crippen LogP contribution in [0.15, 0.2) is 0 Å². The van der Waals surface area contributed by atoms with Gasteiger partial charge in [-0.05, 0) is 27.2 Å². The second-order valence-corrected chi connectivity index (χ2v) is 4.14. The zero-order chi connectivity index (χ0) is 14.0. The summed E-state index contributed by atoms with van der Waals surface area (Å²) in [6.45, 7) is 7.12. The van der Waals surface area contributed by atoms with Gasteiger partial charge < -0.3 is 15.4 Å². The molecule has 0 saturated heterocycles. The maximum absolute atomic E-state index is 11.7. The molecule has 0 aliphatic heterocycles. The van der Waals surface area contributed by atoms with E-state index in [4.69, 9.17) is 4.74 Å². The number of likely N-dealkylation sites (N-methyl/N-ethyl adjacent to an activating group) is 1. The SMILES string of the molecule is CCNC(=O)C(C)NC(C)C(=O)NCCCOC. The van der Waals surface area contributed by atoms with E-state index in [-0.39, 0.29) is 17.9 Å². The average Bonchev–Trinajstić information content (AvgIpc) is 2.34. The van der Waals surface area contributed by atoms with Crippen LogP contribution in [0.25, 0.3) is 0 Å². The maximum atomic E-state index is 11.7. The van der Waals surface area contributed by atoms with Gasteiger partial charge in [0.2, 0.25) is 11.8 Å². The Bertz CT molecular complexity index is 259. The molecule has 0 saturated carbocycles. The minimum Gasteiger partial charge on any atom is -0.385 e. The molecule has 106 valence electrons. The van der Waals surface area contributed by atoms with Gasteiger partial charge in [-0.15, -0.1) is 0 Å². The van der Waals surface area contributed by atoms with E-state index in [2.05, 4.69) is 16.0 Å². The Morgan fingerprint density at radius 1 is 1.11 bits per heavy atom. The van der Waals surface area contributed by atoms with Crippen LogP contribution in [0.4, 0.5) is 0 Å². The second kappa shape index (κ2) is 9.85. The van der Waals surface area contributed by atoms with Crippen molar-refractivity contribution in [2.75, 3.05) is 26.8 Å². The monoisotopic (exact) mass is 259 g/mol. The summed E-state index contributed by atoms with van der Waals surface area (Å²) in [5.74, 6) is -0.209. The van der Waals surface area contributed by atoms with E-state index in [1.807, 2.05) is 6.92 Å². The average molecular weight is 259 g/mol. The zero-order valence-electron chi connectivity index (χ0n) is 11.7. The van der Waals surface area contributed by atoms with Crippen molar-refractivity contribution in [2.24, 2.45) is 0 Å². The molecule has 0 aromatic heterocycles. The molecule has 6 heteroatoms. The number of nitrogens with one attached hydrogen (secondary N) is 3. The van der Waals surface area contributed by atoms with Gasteiger partial charge in [-0.2, -0.15) is 0 Å². The summed E-state index contributed by atoms with van der Waals surface area (Å²) in [5, 5.41) is 8.43. The summed E-state index contributed by atoms with van der Waals surface area (Å²) in [6.07, 6.45) is 0.779. The molecule has 0 spiro atoms. The molecule has 0 aromatic rings. The molecule has 0 aromatic carbocycles. The quantitative estimate of drug-likeness (QED) is 0.494. The summed E-state index contributed by atoms with van der Waals surface area (Å²) >= 11 is 0. The highest BCUT2D eigenvalue weighted by atomic mass is 16.5. The fraction of sp³-hybridized carbons (Fsp3) is 0.833. The van der Waals surface area contributed by atoms with Gasteiger partial charge in [-0.25, -0.2) is 0 Å². The summed E-state index contributed by atoms with van der Waals surface area (Å²) in [5.41, 5.74) is 0. The number of carbonyl (C=O) groups is 2. The molecule has 0 aliphatic carbocycles. The van der Waals surface area contributed by atoms with Gasteiger partial charge >= 0.3 is 0 Å². The molecular formula is C12H25N3O3. The van der Waals surface area contributed by atoms with Crippen molar-refractivity contribution in [3.63, 3.8) is 0 Å². The first-order valence-corrected chi connectivity index (χ1v) is 6.33. The molecule has 0 rings (SSSR count). The van der Waals surface area contributed by atoms with E-state index < -0.39 is 6.04 Å². The number of hydrogen-bond donors (Lipinski definition) is 3. The Morgan fingerprint density at radius 3 is 2.17 bits per heavy atom. The Kier molecular flexibility index (Phi) is 9.22. The second-order valence-electron chi connectivity index (χ2n) is 4.14. The van der Waals surface area contributed by atoms with Crippen molar-refractivity contribution in [3.8, 4) is 0 Å². The normalized spacial score (nSPS) is 13.8. The van der Waals surface area contributed by atoms with Crippen LogP contribution >= 0.6 is 0 Å². The zero-order valence-corrected chi connectivity index (χ0v) is 11.7. The Morgan fingerprint density at radius 2 is 1.67 bits per heavy atom. The number of methoxy groups -OCH3 is 1. The first-order chi connectivity index (χ1) is 8.52. The van der Waals surface area contributed by atoms with E-state index in [1.54, 1.807) is 21.0 Å². The first kappa shape index (κ1) is 16.9. The predicted octanol–water partition coefficient (Wildman–Crippen LogP) is -0.358. The van der Waals surface area contributed by atoms with Gasteiger partial charge in [0.15, 0.2) is 0 Å². The highest BCUT2D eigenvalue weighted by Crippen LogP contribution is 1.89. The highest BCUT2D eigenvalue weighted by Gasteiger charge is 2.18. The van der Waals surface area contributed by atoms with Crippen LogP contribution in [0.1, 0.15) is 27.2 Å². The Hall–Kier alpha value is -1.14. The van der Waals surface area contributed by atoms with Crippen molar-refractivity contribution >= 4 is 11.8 Å². The smallest absolute Gasteiger partial charge is 0.236 e. The highest BCUT2D eigenvalue weighted by molar-refractivity contribution is 5.84. The van der Waals surface area contributed by atoms with Crippen LogP contribution in [0.2, 0.25) is 0 Å². The lowest BCUT2D eigenvalue weighted by atomic mass is 10.2. The van der Waals surface area contributed by atoms with Crippen LogP contribution in [-0.2, 0) is 14.3 Å². The standard InChI is InChI=1S/C12H25N3O3/c1-5-13-11(16)9(2)15-10(3)12(17)14-7-6-8-18-4/h9-10,15H,5-8H2,1-4H3,(H,13,16)(H,14,17). The molecule has 18 heavy (non-hydrogen) atoms. The molecule has 0 aliphatic rings. The van der Waals surface area contributed by atoms with Crippen molar-refractivity contribution in [2.45, 2.75) is 39.3 Å².